The Labute approximate surface area is 169 Å². The number of nitrogens with zero attached hydrogens (tertiary/aromatic N) is 1. The maximum Gasteiger partial charge on any atom is 0.331 e. The van der Waals surface area contributed by atoms with Gasteiger partial charge in [0.2, 0.25) is 0 Å². The SMILES string of the molecule is CCCCCCCCCCC/C(=N\OC(C)=O)c1cc(C)ccc1OC(C)=O. The quantitative estimate of drug-likeness (QED) is 0.102. The molecule has 1 aromatic rings. The van der Waals surface area contributed by atoms with E-state index in [1.165, 1.54) is 58.8 Å². The van der Waals surface area contributed by atoms with Crippen LogP contribution < -0.4 is 4.74 Å². The van der Waals surface area contributed by atoms with Crippen molar-refractivity contribution in [2.75, 3.05) is 0 Å². The van der Waals surface area contributed by atoms with E-state index in [2.05, 4.69) is 12.1 Å². The van der Waals surface area contributed by atoms with Crippen molar-refractivity contribution in [1.82, 2.24) is 0 Å². The number of esters is 1. The molecule has 1 rings (SSSR count). The fraction of sp³-hybridized carbons (Fsp3) is 0.609. The molecular weight excluding hydrogens is 354 g/mol. The molecule has 0 atom stereocenters. The number of carbonyl (C=O) groups is 2. The summed E-state index contributed by atoms with van der Waals surface area (Å²) in [5.41, 5.74) is 2.36. The molecular formula is C23H35NO4. The first-order valence-corrected chi connectivity index (χ1v) is 10.5. The average molecular weight is 390 g/mol. The van der Waals surface area contributed by atoms with Crippen molar-refractivity contribution in [3.63, 3.8) is 0 Å². The van der Waals surface area contributed by atoms with Crippen LogP contribution in [0.25, 0.3) is 0 Å². The van der Waals surface area contributed by atoms with Gasteiger partial charge in [0.05, 0.1) is 5.71 Å². The first-order valence-electron chi connectivity index (χ1n) is 10.5. The topological polar surface area (TPSA) is 65.0 Å². The minimum atomic E-state index is -0.466. The zero-order valence-corrected chi connectivity index (χ0v) is 17.9. The molecule has 0 amide bonds. The van der Waals surface area contributed by atoms with Crippen molar-refractivity contribution >= 4 is 17.7 Å². The molecule has 156 valence electrons. The van der Waals surface area contributed by atoms with Crippen LogP contribution in [0.5, 0.6) is 5.75 Å². The second kappa shape index (κ2) is 13.9. The smallest absolute Gasteiger partial charge is 0.331 e. The Morgan fingerprint density at radius 2 is 1.50 bits per heavy atom. The van der Waals surface area contributed by atoms with Gasteiger partial charge in [0.15, 0.2) is 0 Å². The highest BCUT2D eigenvalue weighted by atomic mass is 16.7. The van der Waals surface area contributed by atoms with E-state index in [4.69, 9.17) is 9.57 Å². The fourth-order valence-corrected chi connectivity index (χ4v) is 3.07. The van der Waals surface area contributed by atoms with Crippen LogP contribution in [0.15, 0.2) is 23.4 Å². The Bertz CT molecular complexity index is 652. The van der Waals surface area contributed by atoms with Crippen molar-refractivity contribution in [1.29, 1.82) is 0 Å². The lowest BCUT2D eigenvalue weighted by atomic mass is 10.00. The third-order valence-corrected chi connectivity index (χ3v) is 4.50. The lowest BCUT2D eigenvalue weighted by Crippen LogP contribution is -2.10. The molecule has 0 unspecified atom stereocenters. The molecule has 0 N–H and O–H groups in total. The van der Waals surface area contributed by atoms with Gasteiger partial charge in [-0.15, -0.1) is 0 Å². The molecule has 0 aromatic heterocycles. The highest BCUT2D eigenvalue weighted by molar-refractivity contribution is 6.03. The molecule has 0 bridgehead atoms. The molecule has 0 heterocycles. The van der Waals surface area contributed by atoms with E-state index >= 15 is 0 Å². The van der Waals surface area contributed by atoms with Crippen LogP contribution >= 0.6 is 0 Å². The molecule has 0 saturated heterocycles. The van der Waals surface area contributed by atoms with E-state index < -0.39 is 5.97 Å². The normalized spacial score (nSPS) is 11.4. The lowest BCUT2D eigenvalue weighted by Gasteiger charge is -2.12. The third-order valence-electron chi connectivity index (χ3n) is 4.50. The van der Waals surface area contributed by atoms with Crippen LogP contribution in [-0.4, -0.2) is 17.7 Å². The van der Waals surface area contributed by atoms with Crippen molar-refractivity contribution in [2.24, 2.45) is 5.16 Å². The van der Waals surface area contributed by atoms with Crippen LogP contribution in [0, 0.1) is 6.92 Å². The van der Waals surface area contributed by atoms with Gasteiger partial charge in [-0.1, -0.05) is 75.1 Å². The van der Waals surface area contributed by atoms with Gasteiger partial charge in [-0.3, -0.25) is 4.79 Å². The van der Waals surface area contributed by atoms with Gasteiger partial charge >= 0.3 is 11.9 Å². The third kappa shape index (κ3) is 10.2. The Hall–Kier alpha value is -2.17. The predicted octanol–water partition coefficient (Wildman–Crippen LogP) is 6.11. The second-order valence-electron chi connectivity index (χ2n) is 7.29. The summed E-state index contributed by atoms with van der Waals surface area (Å²) in [6, 6.07) is 5.55. The standard InChI is InChI=1S/C23H35NO4/c1-5-6-7-8-9-10-11-12-13-14-22(24-28-20(4)26)21-17-18(2)15-16-23(21)27-19(3)25/h15-17H,5-14H2,1-4H3/b24-22+. The number of hydrogen-bond acceptors (Lipinski definition) is 5. The number of ether oxygens (including phenoxy) is 1. The fourth-order valence-electron chi connectivity index (χ4n) is 3.07. The van der Waals surface area contributed by atoms with Crippen molar-refractivity contribution in [3.05, 3.63) is 29.3 Å². The highest BCUT2D eigenvalue weighted by Crippen LogP contribution is 2.24. The number of oxime groups is 1. The first-order chi connectivity index (χ1) is 13.4. The van der Waals surface area contributed by atoms with Crippen LogP contribution in [0.4, 0.5) is 0 Å². The Balaban J connectivity index is 2.67. The van der Waals surface area contributed by atoms with Crippen molar-refractivity contribution in [2.45, 2.75) is 91.9 Å². The van der Waals surface area contributed by atoms with Gasteiger partial charge in [0.1, 0.15) is 5.75 Å². The Morgan fingerprint density at radius 3 is 2.07 bits per heavy atom. The number of rotatable bonds is 13. The van der Waals surface area contributed by atoms with Crippen LogP contribution in [0.3, 0.4) is 0 Å². The molecule has 0 aliphatic rings. The predicted molar refractivity (Wildman–Crippen MR) is 113 cm³/mol. The maximum absolute atomic E-state index is 11.4. The van der Waals surface area contributed by atoms with Crippen LogP contribution in [0.1, 0.15) is 96.1 Å². The summed E-state index contributed by atoms with van der Waals surface area (Å²) in [5.74, 6) is -0.411. The average Bonchev–Trinajstić information content (AvgIpc) is 2.64. The number of unbranched alkanes of at least 4 members (excludes halogenated alkanes) is 8. The van der Waals surface area contributed by atoms with Crippen LogP contribution in [0.2, 0.25) is 0 Å². The molecule has 0 aliphatic carbocycles. The van der Waals surface area contributed by atoms with E-state index in [0.29, 0.717) is 23.4 Å². The minimum Gasteiger partial charge on any atom is -0.426 e. The van der Waals surface area contributed by atoms with E-state index in [1.807, 2.05) is 19.1 Å². The van der Waals surface area contributed by atoms with Crippen molar-refractivity contribution in [3.8, 4) is 5.75 Å². The summed E-state index contributed by atoms with van der Waals surface area (Å²) >= 11 is 0. The van der Waals surface area contributed by atoms with E-state index in [9.17, 15) is 9.59 Å². The van der Waals surface area contributed by atoms with Gasteiger partial charge in [-0.2, -0.15) is 0 Å². The molecule has 5 heteroatoms. The molecule has 28 heavy (non-hydrogen) atoms. The summed E-state index contributed by atoms with van der Waals surface area (Å²) in [4.78, 5) is 27.5. The monoisotopic (exact) mass is 389 g/mol. The van der Waals surface area contributed by atoms with E-state index in [1.54, 1.807) is 6.07 Å². The number of hydrogen-bond donors (Lipinski definition) is 0. The van der Waals surface area contributed by atoms with Crippen molar-refractivity contribution < 1.29 is 19.2 Å². The molecule has 0 radical (unpaired) electrons. The summed E-state index contributed by atoms with van der Waals surface area (Å²) < 4.78 is 5.32. The largest absolute Gasteiger partial charge is 0.426 e. The van der Waals surface area contributed by atoms with Gasteiger partial charge in [0, 0.05) is 19.4 Å². The zero-order valence-electron chi connectivity index (χ0n) is 17.9. The number of benzene rings is 1. The van der Waals surface area contributed by atoms with Gasteiger partial charge in [0.25, 0.3) is 0 Å². The summed E-state index contributed by atoms with van der Waals surface area (Å²) in [7, 11) is 0. The maximum atomic E-state index is 11.4. The number of carbonyl (C=O) groups excluding carboxylic acids is 2. The zero-order chi connectivity index (χ0) is 20.8. The van der Waals surface area contributed by atoms with Crippen LogP contribution in [-0.2, 0) is 14.4 Å². The summed E-state index contributed by atoms with van der Waals surface area (Å²) in [6.07, 6.45) is 11.7. The molecule has 5 nitrogen and oxygen atoms in total. The summed E-state index contributed by atoms with van der Waals surface area (Å²) in [6.45, 7) is 6.88. The Kier molecular flexibility index (Phi) is 11.9. The van der Waals surface area contributed by atoms with Gasteiger partial charge in [-0.05, 0) is 31.9 Å². The molecule has 0 saturated carbocycles. The molecule has 0 aliphatic heterocycles. The van der Waals surface area contributed by atoms with Gasteiger partial charge in [-0.25, -0.2) is 4.79 Å². The lowest BCUT2D eigenvalue weighted by molar-refractivity contribution is -0.141. The molecule has 0 spiro atoms. The molecule has 1 aromatic carbocycles. The minimum absolute atomic E-state index is 0.389. The van der Waals surface area contributed by atoms with E-state index in [0.717, 1.165) is 18.4 Å². The van der Waals surface area contributed by atoms with E-state index in [-0.39, 0.29) is 5.97 Å². The Morgan fingerprint density at radius 1 is 0.893 bits per heavy atom. The van der Waals surface area contributed by atoms with Gasteiger partial charge < -0.3 is 9.57 Å². The molecule has 0 fully saturated rings. The summed E-state index contributed by atoms with van der Waals surface area (Å²) in [5, 5.41) is 4.05. The number of aryl methyl sites for hydroxylation is 1. The second-order valence-corrected chi connectivity index (χ2v) is 7.29. The first kappa shape index (κ1) is 23.9. The highest BCUT2D eigenvalue weighted by Gasteiger charge is 2.14.